The molecule has 3 N–H and O–H groups in total. The first-order valence-corrected chi connectivity index (χ1v) is 9.14. The lowest BCUT2D eigenvalue weighted by Gasteiger charge is -2.57. The van der Waals surface area contributed by atoms with Gasteiger partial charge in [0.05, 0.1) is 17.7 Å². The quantitative estimate of drug-likeness (QED) is 0.711. The number of anilines is 1. The van der Waals surface area contributed by atoms with E-state index in [0.717, 1.165) is 0 Å². The monoisotopic (exact) mass is 404 g/mol. The fourth-order valence-electron chi connectivity index (χ4n) is 3.02. The fraction of sp³-hybridized carbons (Fsp3) is 0.632. The number of halogens is 2. The first-order chi connectivity index (χ1) is 11.6. The second-order valence-electron chi connectivity index (χ2n) is 7.65. The highest BCUT2D eigenvalue weighted by molar-refractivity contribution is 6.32. The van der Waals surface area contributed by atoms with E-state index in [9.17, 15) is 4.79 Å². The molecule has 2 atom stereocenters. The van der Waals surface area contributed by atoms with Crippen LogP contribution in [0.15, 0.2) is 18.2 Å². The van der Waals surface area contributed by atoms with Gasteiger partial charge in [0.2, 0.25) is 5.91 Å². The Labute approximate surface area is 167 Å². The number of hydrogen-bond donors (Lipinski definition) is 2. The molecule has 0 spiro atoms. The van der Waals surface area contributed by atoms with Crippen LogP contribution in [0.25, 0.3) is 0 Å². The highest BCUT2D eigenvalue weighted by atomic mass is 35.5. The zero-order chi connectivity index (χ0) is 18.8. The molecule has 26 heavy (non-hydrogen) atoms. The second kappa shape index (κ2) is 8.79. The first-order valence-electron chi connectivity index (χ1n) is 8.76. The van der Waals surface area contributed by atoms with Crippen molar-refractivity contribution in [3.63, 3.8) is 0 Å². The lowest BCUT2D eigenvalue weighted by molar-refractivity contribution is -0.166. The van der Waals surface area contributed by atoms with Gasteiger partial charge in [-0.2, -0.15) is 0 Å². The Bertz CT molecular complexity index is 637. The molecular formula is C19H30Cl2N2O3. The van der Waals surface area contributed by atoms with Crippen LogP contribution in [-0.2, 0) is 9.53 Å². The number of rotatable bonds is 7. The highest BCUT2D eigenvalue weighted by Crippen LogP contribution is 2.50. The molecule has 1 aliphatic rings. The minimum absolute atomic E-state index is 0. The van der Waals surface area contributed by atoms with Gasteiger partial charge in [-0.1, -0.05) is 39.3 Å². The maximum atomic E-state index is 12.7. The Hall–Kier alpha value is -1.01. The van der Waals surface area contributed by atoms with Crippen molar-refractivity contribution in [2.75, 3.05) is 18.5 Å². The van der Waals surface area contributed by atoms with Crippen molar-refractivity contribution in [3.8, 4) is 5.75 Å². The molecule has 1 saturated carbocycles. The smallest absolute Gasteiger partial charge is 0.245 e. The molecule has 5 nitrogen and oxygen atoms in total. The molecule has 148 valence electrons. The summed E-state index contributed by atoms with van der Waals surface area (Å²) in [6, 6.07) is 5.22. The summed E-state index contributed by atoms with van der Waals surface area (Å²) in [4.78, 5) is 12.7. The van der Waals surface area contributed by atoms with Gasteiger partial charge in [-0.25, -0.2) is 0 Å². The summed E-state index contributed by atoms with van der Waals surface area (Å²) in [5, 5.41) is 3.34. The summed E-state index contributed by atoms with van der Waals surface area (Å²) in [6.07, 6.45) is 0.492. The summed E-state index contributed by atoms with van der Waals surface area (Å²) in [5.74, 6) is 0.795. The summed E-state index contributed by atoms with van der Waals surface area (Å²) < 4.78 is 11.3. The predicted molar refractivity (Wildman–Crippen MR) is 108 cm³/mol. The van der Waals surface area contributed by atoms with Crippen LogP contribution in [0.1, 0.15) is 41.0 Å². The lowest BCUT2D eigenvalue weighted by Crippen LogP contribution is -2.74. The third-order valence-corrected chi connectivity index (χ3v) is 5.29. The van der Waals surface area contributed by atoms with Gasteiger partial charge in [0.15, 0.2) is 0 Å². The summed E-state index contributed by atoms with van der Waals surface area (Å²) in [6.45, 7) is 11.2. The molecule has 1 fully saturated rings. The van der Waals surface area contributed by atoms with Crippen molar-refractivity contribution in [1.82, 2.24) is 0 Å². The topological polar surface area (TPSA) is 73.6 Å². The largest absolute Gasteiger partial charge is 0.492 e. The van der Waals surface area contributed by atoms with Crippen LogP contribution in [0.2, 0.25) is 5.02 Å². The molecule has 1 aliphatic carbocycles. The zero-order valence-corrected chi connectivity index (χ0v) is 17.7. The maximum Gasteiger partial charge on any atom is 0.245 e. The van der Waals surface area contributed by atoms with E-state index in [2.05, 4.69) is 19.2 Å². The van der Waals surface area contributed by atoms with Crippen molar-refractivity contribution in [2.24, 2.45) is 17.1 Å². The van der Waals surface area contributed by atoms with Gasteiger partial charge < -0.3 is 20.5 Å². The number of benzene rings is 1. The molecule has 1 amide bonds. The molecule has 2 unspecified atom stereocenters. The summed E-state index contributed by atoms with van der Waals surface area (Å²) in [7, 11) is 0. The number of carbonyl (C=O) groups excluding carboxylic acids is 1. The van der Waals surface area contributed by atoms with E-state index in [1.807, 2.05) is 20.8 Å². The molecule has 1 aromatic rings. The Morgan fingerprint density at radius 3 is 2.58 bits per heavy atom. The number of ether oxygens (including phenoxy) is 2. The number of amides is 1. The molecule has 0 radical (unpaired) electrons. The third kappa shape index (κ3) is 4.45. The van der Waals surface area contributed by atoms with Gasteiger partial charge >= 0.3 is 0 Å². The van der Waals surface area contributed by atoms with Crippen LogP contribution >= 0.6 is 24.0 Å². The van der Waals surface area contributed by atoms with Gasteiger partial charge in [-0.3, -0.25) is 4.79 Å². The molecule has 0 saturated heterocycles. The number of nitrogens with one attached hydrogen (secondary N) is 1. The maximum absolute atomic E-state index is 12.7. The minimum atomic E-state index is -0.966. The predicted octanol–water partition coefficient (Wildman–Crippen LogP) is 4.27. The zero-order valence-electron chi connectivity index (χ0n) is 16.1. The molecule has 0 aliphatic heterocycles. The second-order valence-corrected chi connectivity index (χ2v) is 8.05. The molecular weight excluding hydrogens is 375 g/mol. The van der Waals surface area contributed by atoms with Gasteiger partial charge in [-0.15, -0.1) is 12.4 Å². The Kier molecular flexibility index (Phi) is 7.78. The van der Waals surface area contributed by atoms with E-state index in [4.69, 9.17) is 26.8 Å². The van der Waals surface area contributed by atoms with Crippen LogP contribution in [-0.4, -0.2) is 30.8 Å². The molecule has 0 bridgehead atoms. The van der Waals surface area contributed by atoms with Gasteiger partial charge in [0, 0.05) is 24.1 Å². The molecule has 2 rings (SSSR count). The molecule has 0 heterocycles. The molecule has 7 heteroatoms. The van der Waals surface area contributed by atoms with E-state index >= 15 is 0 Å². The first kappa shape index (κ1) is 23.0. The van der Waals surface area contributed by atoms with Gasteiger partial charge in [-0.05, 0) is 31.0 Å². The summed E-state index contributed by atoms with van der Waals surface area (Å²) in [5.41, 5.74) is 5.60. The third-order valence-electron chi connectivity index (χ3n) is 5.00. The highest BCUT2D eigenvalue weighted by Gasteiger charge is 2.62. The average molecular weight is 405 g/mol. The van der Waals surface area contributed by atoms with Crippen molar-refractivity contribution in [3.05, 3.63) is 23.2 Å². The standard InChI is InChI=1S/C19H29ClN2O3.ClH/c1-6-24-16-10-19(21,18(16,4)5)17(23)22-13-7-8-15(14(20)9-13)25-11-12(2)3;/h7-9,12,16H,6,10-11,21H2,1-5H3,(H,22,23);1H. The fourth-order valence-corrected chi connectivity index (χ4v) is 3.25. The van der Waals surface area contributed by atoms with Crippen molar-refractivity contribution in [1.29, 1.82) is 0 Å². The molecule has 0 aromatic heterocycles. The van der Waals surface area contributed by atoms with E-state index in [-0.39, 0.29) is 24.4 Å². The van der Waals surface area contributed by atoms with Crippen molar-refractivity contribution < 1.29 is 14.3 Å². The van der Waals surface area contributed by atoms with Crippen LogP contribution in [0, 0.1) is 11.3 Å². The van der Waals surface area contributed by atoms with E-state index in [1.165, 1.54) is 0 Å². The van der Waals surface area contributed by atoms with Crippen LogP contribution in [0.4, 0.5) is 5.69 Å². The number of nitrogens with two attached hydrogens (primary N) is 1. The average Bonchev–Trinajstić information content (AvgIpc) is 2.53. The van der Waals surface area contributed by atoms with Crippen molar-refractivity contribution >= 4 is 35.6 Å². The SMILES string of the molecule is CCOC1CC(N)(C(=O)Nc2ccc(OCC(C)C)c(Cl)c2)C1(C)C.Cl. The summed E-state index contributed by atoms with van der Waals surface area (Å²) >= 11 is 6.25. The van der Waals surface area contributed by atoms with Crippen LogP contribution < -0.4 is 15.8 Å². The number of hydrogen-bond acceptors (Lipinski definition) is 4. The van der Waals surface area contributed by atoms with Gasteiger partial charge in [0.1, 0.15) is 11.3 Å². The molecule has 1 aromatic carbocycles. The minimum Gasteiger partial charge on any atom is -0.492 e. The Balaban J connectivity index is 0.00000338. The van der Waals surface area contributed by atoms with E-state index in [1.54, 1.807) is 18.2 Å². The lowest BCUT2D eigenvalue weighted by atomic mass is 9.54. The normalized spacial score (nSPS) is 23.8. The van der Waals surface area contributed by atoms with Crippen LogP contribution in [0.5, 0.6) is 5.75 Å². The van der Waals surface area contributed by atoms with Gasteiger partial charge in [0.25, 0.3) is 0 Å². The Morgan fingerprint density at radius 1 is 1.42 bits per heavy atom. The van der Waals surface area contributed by atoms with E-state index < -0.39 is 11.0 Å². The number of carbonyl (C=O) groups is 1. The van der Waals surface area contributed by atoms with Crippen LogP contribution in [0.3, 0.4) is 0 Å². The Morgan fingerprint density at radius 2 is 2.08 bits per heavy atom. The van der Waals surface area contributed by atoms with Crippen molar-refractivity contribution in [2.45, 2.75) is 52.7 Å². The van der Waals surface area contributed by atoms with E-state index in [0.29, 0.717) is 42.0 Å².